The summed E-state index contributed by atoms with van der Waals surface area (Å²) in [5, 5.41) is 0. The molecule has 5 aliphatic rings. The minimum absolute atomic E-state index is 0.0150. The molecule has 1 saturated heterocycles. The van der Waals surface area contributed by atoms with Gasteiger partial charge in [0.05, 0.1) is 0 Å². The Labute approximate surface area is 162 Å². The number of ketones is 1. The van der Waals surface area contributed by atoms with Gasteiger partial charge in [-0.1, -0.05) is 18.6 Å². The minimum atomic E-state index is 0.0150. The van der Waals surface area contributed by atoms with Crippen molar-refractivity contribution in [1.29, 1.82) is 0 Å². The van der Waals surface area contributed by atoms with Crippen LogP contribution in [-0.4, -0.2) is 17.9 Å². The number of carbonyl (C=O) groups excluding carboxylic acids is 2. The van der Waals surface area contributed by atoms with E-state index in [1.165, 1.54) is 18.4 Å². The van der Waals surface area contributed by atoms with Crippen molar-refractivity contribution in [2.45, 2.75) is 70.8 Å². The summed E-state index contributed by atoms with van der Waals surface area (Å²) in [6, 6.07) is 0. The SMILES string of the molecule is C=CC1CC2=CC(=O)CCC2C2CCC3(C)CCCC(=O)OC4C[C@@H]4C3C12. The zero-order valence-corrected chi connectivity index (χ0v) is 16.5. The minimum Gasteiger partial charge on any atom is -0.462 e. The van der Waals surface area contributed by atoms with Crippen LogP contribution in [0.25, 0.3) is 0 Å². The molecule has 146 valence electrons. The Morgan fingerprint density at radius 2 is 2.04 bits per heavy atom. The Bertz CT molecular complexity index is 706. The molecule has 4 aliphatic carbocycles. The molecule has 0 N–H and O–H groups in total. The zero-order valence-electron chi connectivity index (χ0n) is 16.5. The number of esters is 1. The average molecular weight is 369 g/mol. The quantitative estimate of drug-likeness (QED) is 0.490. The van der Waals surface area contributed by atoms with Crippen molar-refractivity contribution in [2.24, 2.45) is 40.9 Å². The van der Waals surface area contributed by atoms with Gasteiger partial charge in [0.1, 0.15) is 6.10 Å². The molecule has 1 heterocycles. The van der Waals surface area contributed by atoms with Gasteiger partial charge in [-0.25, -0.2) is 0 Å². The van der Waals surface area contributed by atoms with Gasteiger partial charge in [-0.05, 0) is 86.0 Å². The maximum Gasteiger partial charge on any atom is 0.306 e. The first-order valence-corrected chi connectivity index (χ1v) is 11.1. The summed E-state index contributed by atoms with van der Waals surface area (Å²) in [5.41, 5.74) is 1.73. The second kappa shape index (κ2) is 6.32. The molecule has 3 saturated carbocycles. The third-order valence-corrected chi connectivity index (χ3v) is 8.72. The fraction of sp³-hybridized carbons (Fsp3) is 0.750. The fourth-order valence-electron chi connectivity index (χ4n) is 7.52. The lowest BCUT2D eigenvalue weighted by atomic mass is 9.47. The van der Waals surface area contributed by atoms with Gasteiger partial charge in [0.25, 0.3) is 0 Å². The van der Waals surface area contributed by atoms with Gasteiger partial charge in [-0.15, -0.1) is 6.58 Å². The lowest BCUT2D eigenvalue weighted by Crippen LogP contribution is -2.51. The first kappa shape index (κ1) is 17.7. The highest BCUT2D eigenvalue weighted by molar-refractivity contribution is 5.91. The summed E-state index contributed by atoms with van der Waals surface area (Å²) < 4.78 is 5.79. The maximum absolute atomic E-state index is 12.1. The predicted octanol–water partition coefficient (Wildman–Crippen LogP) is 4.86. The molecule has 0 radical (unpaired) electrons. The van der Waals surface area contributed by atoms with E-state index in [9.17, 15) is 9.59 Å². The molecular weight excluding hydrogens is 336 g/mol. The summed E-state index contributed by atoms with van der Waals surface area (Å²) in [6.45, 7) is 6.70. The number of hydrogen-bond donors (Lipinski definition) is 0. The smallest absolute Gasteiger partial charge is 0.306 e. The van der Waals surface area contributed by atoms with Gasteiger partial charge in [0.15, 0.2) is 5.78 Å². The standard InChI is InChI=1S/C24H32O3/c1-3-14-11-15-12-16(25)6-7-17(15)18-8-10-24(2)9-4-5-21(26)27-20-13-19(20)23(24)22(14)18/h3,12,14,17-20,22-23H,1,4-11,13H2,2H3/t14?,17?,18?,19-,20?,22?,23?,24?/m0/s1. The summed E-state index contributed by atoms with van der Waals surface area (Å²) >= 11 is 0. The highest BCUT2D eigenvalue weighted by Crippen LogP contribution is 2.65. The number of fused-ring (bicyclic) bond motifs is 7. The Hall–Kier alpha value is -1.38. The van der Waals surface area contributed by atoms with E-state index in [4.69, 9.17) is 4.74 Å². The molecule has 27 heavy (non-hydrogen) atoms. The monoisotopic (exact) mass is 368 g/mol. The number of hydrogen-bond acceptors (Lipinski definition) is 3. The van der Waals surface area contributed by atoms with Gasteiger partial charge >= 0.3 is 5.97 Å². The highest BCUT2D eigenvalue weighted by atomic mass is 16.5. The Balaban J connectivity index is 1.52. The third-order valence-electron chi connectivity index (χ3n) is 8.72. The summed E-state index contributed by atoms with van der Waals surface area (Å²) in [6.07, 6.45) is 13.4. The number of rotatable bonds is 1. The molecule has 0 aromatic carbocycles. The molecule has 0 bridgehead atoms. The number of carbonyl (C=O) groups is 2. The molecule has 1 aliphatic heterocycles. The Morgan fingerprint density at radius 1 is 1.19 bits per heavy atom. The van der Waals surface area contributed by atoms with Gasteiger partial charge in [-0.2, -0.15) is 0 Å². The van der Waals surface area contributed by atoms with Crippen LogP contribution >= 0.6 is 0 Å². The molecule has 7 unspecified atom stereocenters. The number of ether oxygens (including phenoxy) is 1. The van der Waals surface area contributed by atoms with Crippen LogP contribution in [-0.2, 0) is 14.3 Å². The van der Waals surface area contributed by atoms with E-state index < -0.39 is 0 Å². The third kappa shape index (κ3) is 2.84. The first-order valence-electron chi connectivity index (χ1n) is 11.1. The second-order valence-electron chi connectivity index (χ2n) is 10.2. The summed E-state index contributed by atoms with van der Waals surface area (Å²) in [7, 11) is 0. The molecule has 0 amide bonds. The van der Waals surface area contributed by atoms with Crippen LogP contribution < -0.4 is 0 Å². The molecule has 4 fully saturated rings. The molecule has 8 atom stereocenters. The average Bonchev–Trinajstić information content (AvgIpc) is 3.37. The highest BCUT2D eigenvalue weighted by Gasteiger charge is 2.61. The van der Waals surface area contributed by atoms with E-state index in [2.05, 4.69) is 19.6 Å². The fourth-order valence-corrected chi connectivity index (χ4v) is 7.52. The summed E-state index contributed by atoms with van der Waals surface area (Å²) in [5.74, 6) is 3.89. The van der Waals surface area contributed by atoms with Crippen molar-refractivity contribution in [1.82, 2.24) is 0 Å². The molecule has 3 heteroatoms. The lowest BCUT2D eigenvalue weighted by Gasteiger charge is -2.57. The Kier molecular flexibility index (Phi) is 4.14. The predicted molar refractivity (Wildman–Crippen MR) is 104 cm³/mol. The topological polar surface area (TPSA) is 43.4 Å². The van der Waals surface area contributed by atoms with Gasteiger partial charge in [0.2, 0.25) is 0 Å². The van der Waals surface area contributed by atoms with E-state index in [0.29, 0.717) is 53.1 Å². The first-order chi connectivity index (χ1) is 13.0. The lowest BCUT2D eigenvalue weighted by molar-refractivity contribution is -0.145. The largest absolute Gasteiger partial charge is 0.462 e. The Morgan fingerprint density at radius 3 is 2.85 bits per heavy atom. The normalized spacial score (nSPS) is 48.9. The molecule has 0 spiro atoms. The van der Waals surface area contributed by atoms with Gasteiger partial charge < -0.3 is 4.74 Å². The van der Waals surface area contributed by atoms with E-state index in [-0.39, 0.29) is 12.1 Å². The van der Waals surface area contributed by atoms with Crippen molar-refractivity contribution in [2.75, 3.05) is 0 Å². The molecule has 0 aromatic heterocycles. The van der Waals surface area contributed by atoms with Crippen LogP contribution in [0.15, 0.2) is 24.3 Å². The maximum atomic E-state index is 12.1. The van der Waals surface area contributed by atoms with Crippen LogP contribution in [0.5, 0.6) is 0 Å². The van der Waals surface area contributed by atoms with Crippen molar-refractivity contribution < 1.29 is 14.3 Å². The van der Waals surface area contributed by atoms with E-state index in [0.717, 1.165) is 38.5 Å². The van der Waals surface area contributed by atoms with Crippen LogP contribution in [0.1, 0.15) is 64.7 Å². The van der Waals surface area contributed by atoms with Crippen LogP contribution in [0, 0.1) is 40.9 Å². The molecule has 5 rings (SSSR count). The molecular formula is C24H32O3. The van der Waals surface area contributed by atoms with Crippen molar-refractivity contribution in [3.8, 4) is 0 Å². The van der Waals surface area contributed by atoms with Crippen LogP contribution in [0.3, 0.4) is 0 Å². The van der Waals surface area contributed by atoms with Crippen LogP contribution in [0.4, 0.5) is 0 Å². The van der Waals surface area contributed by atoms with E-state index >= 15 is 0 Å². The van der Waals surface area contributed by atoms with Crippen molar-refractivity contribution >= 4 is 11.8 Å². The van der Waals surface area contributed by atoms with Crippen molar-refractivity contribution in [3.63, 3.8) is 0 Å². The molecule has 0 aromatic rings. The second-order valence-corrected chi connectivity index (χ2v) is 10.2. The van der Waals surface area contributed by atoms with E-state index in [1.54, 1.807) is 0 Å². The van der Waals surface area contributed by atoms with Crippen molar-refractivity contribution in [3.05, 3.63) is 24.3 Å². The van der Waals surface area contributed by atoms with Crippen LogP contribution in [0.2, 0.25) is 0 Å². The van der Waals surface area contributed by atoms with Gasteiger partial charge in [-0.3, -0.25) is 9.59 Å². The van der Waals surface area contributed by atoms with E-state index in [1.807, 2.05) is 6.08 Å². The van der Waals surface area contributed by atoms with Gasteiger partial charge in [0, 0.05) is 18.8 Å². The number of allylic oxidation sites excluding steroid dienone is 3. The zero-order chi connectivity index (χ0) is 18.8. The summed E-state index contributed by atoms with van der Waals surface area (Å²) in [4.78, 5) is 24.1. The molecule has 3 nitrogen and oxygen atoms in total.